The van der Waals surface area contributed by atoms with E-state index in [2.05, 4.69) is 19.1 Å². The normalized spacial score (nSPS) is 13.7. The van der Waals surface area contributed by atoms with Gasteiger partial charge in [0.25, 0.3) is 11.8 Å². The van der Waals surface area contributed by atoms with Crippen LogP contribution in [-0.2, 0) is 0 Å². The third-order valence-electron chi connectivity index (χ3n) is 3.54. The number of thioether (sulfide) groups is 1. The highest BCUT2D eigenvalue weighted by Gasteiger charge is 2.34. The second-order valence-electron chi connectivity index (χ2n) is 4.92. The maximum Gasteiger partial charge on any atom is 0.261 e. The fourth-order valence-electron chi connectivity index (χ4n) is 2.41. The molecule has 2 aromatic carbocycles. The molecule has 3 nitrogen and oxygen atoms in total. The fourth-order valence-corrected chi connectivity index (χ4v) is 3.37. The van der Waals surface area contributed by atoms with Crippen molar-refractivity contribution >= 4 is 23.6 Å². The molecule has 0 radical (unpaired) electrons. The summed E-state index contributed by atoms with van der Waals surface area (Å²) in [5.74, 6) is 0.345. The molecule has 3 rings (SSSR count). The number of hydrogen-bond acceptors (Lipinski definition) is 3. The molecule has 2 aromatic rings. The predicted octanol–water partition coefficient (Wildman–Crippen LogP) is 3.38. The Balaban J connectivity index is 1.66. The first-order valence-electron chi connectivity index (χ1n) is 6.82. The van der Waals surface area contributed by atoms with E-state index in [1.807, 2.05) is 12.1 Å². The molecule has 4 heteroatoms. The Hall–Kier alpha value is -2.07. The Kier molecular flexibility index (Phi) is 3.80. The molecule has 1 aliphatic rings. The van der Waals surface area contributed by atoms with Crippen molar-refractivity contribution in [1.29, 1.82) is 0 Å². The van der Waals surface area contributed by atoms with Gasteiger partial charge in [-0.1, -0.05) is 30.3 Å². The van der Waals surface area contributed by atoms with Gasteiger partial charge < -0.3 is 0 Å². The van der Waals surface area contributed by atoms with Crippen LogP contribution in [0.15, 0.2) is 53.4 Å². The maximum absolute atomic E-state index is 12.2. The number of rotatable bonds is 4. The Morgan fingerprint density at radius 2 is 1.48 bits per heavy atom. The summed E-state index contributed by atoms with van der Waals surface area (Å²) < 4.78 is 0. The molecule has 2 amide bonds. The molecular weight excluding hydrogens is 282 g/mol. The van der Waals surface area contributed by atoms with E-state index in [0.29, 0.717) is 23.4 Å². The summed E-state index contributed by atoms with van der Waals surface area (Å²) in [6.45, 7) is 2.50. The summed E-state index contributed by atoms with van der Waals surface area (Å²) in [5, 5.41) is 0. The van der Waals surface area contributed by atoms with Gasteiger partial charge in [0.1, 0.15) is 0 Å². The average Bonchev–Trinajstić information content (AvgIpc) is 2.74. The third kappa shape index (κ3) is 2.59. The number of imide groups is 1. The number of hydrogen-bond donors (Lipinski definition) is 0. The van der Waals surface area contributed by atoms with E-state index in [9.17, 15) is 9.59 Å². The van der Waals surface area contributed by atoms with Gasteiger partial charge in [-0.15, -0.1) is 11.8 Å². The Labute approximate surface area is 128 Å². The zero-order valence-electron chi connectivity index (χ0n) is 11.7. The van der Waals surface area contributed by atoms with Crippen LogP contribution in [0.4, 0.5) is 0 Å². The van der Waals surface area contributed by atoms with Gasteiger partial charge in [-0.25, -0.2) is 0 Å². The minimum absolute atomic E-state index is 0.180. The lowest BCUT2D eigenvalue weighted by Gasteiger charge is -2.13. The standard InChI is InChI=1S/C17H15NO2S/c1-12-6-2-5-9-15(12)21-11-10-18-16(19)13-7-3-4-8-14(13)17(18)20/h2-9H,10-11H2,1H3. The zero-order chi connectivity index (χ0) is 14.8. The molecule has 0 fully saturated rings. The molecule has 0 unspecified atom stereocenters. The summed E-state index contributed by atoms with van der Waals surface area (Å²) >= 11 is 1.67. The molecule has 0 saturated heterocycles. The molecule has 106 valence electrons. The maximum atomic E-state index is 12.2. The van der Waals surface area contributed by atoms with E-state index in [-0.39, 0.29) is 11.8 Å². The van der Waals surface area contributed by atoms with Crippen LogP contribution in [0.1, 0.15) is 26.3 Å². The van der Waals surface area contributed by atoms with E-state index >= 15 is 0 Å². The van der Waals surface area contributed by atoms with Gasteiger partial charge in [0.05, 0.1) is 11.1 Å². The lowest BCUT2D eigenvalue weighted by Crippen LogP contribution is -2.31. The fraction of sp³-hybridized carbons (Fsp3) is 0.176. The van der Waals surface area contributed by atoms with Crippen molar-refractivity contribution in [3.8, 4) is 0 Å². The highest BCUT2D eigenvalue weighted by molar-refractivity contribution is 7.99. The van der Waals surface area contributed by atoms with Crippen LogP contribution in [0.25, 0.3) is 0 Å². The SMILES string of the molecule is Cc1ccccc1SCCN1C(=O)c2ccccc2C1=O. The van der Waals surface area contributed by atoms with Crippen molar-refractivity contribution < 1.29 is 9.59 Å². The summed E-state index contributed by atoms with van der Waals surface area (Å²) in [6, 6.07) is 15.1. The second kappa shape index (κ2) is 5.74. The van der Waals surface area contributed by atoms with Crippen LogP contribution in [0.5, 0.6) is 0 Å². The van der Waals surface area contributed by atoms with Crippen molar-refractivity contribution in [2.75, 3.05) is 12.3 Å². The van der Waals surface area contributed by atoms with E-state index in [1.54, 1.807) is 36.0 Å². The summed E-state index contributed by atoms with van der Waals surface area (Å²) in [5.41, 5.74) is 2.25. The smallest absolute Gasteiger partial charge is 0.261 e. The Morgan fingerprint density at radius 3 is 2.10 bits per heavy atom. The average molecular weight is 297 g/mol. The topological polar surface area (TPSA) is 37.4 Å². The first-order chi connectivity index (χ1) is 10.2. The molecule has 0 N–H and O–H groups in total. The lowest BCUT2D eigenvalue weighted by molar-refractivity contribution is 0.0664. The summed E-state index contributed by atoms with van der Waals surface area (Å²) in [7, 11) is 0. The van der Waals surface area contributed by atoms with Crippen molar-refractivity contribution in [1.82, 2.24) is 4.90 Å². The molecule has 0 bridgehead atoms. The lowest BCUT2D eigenvalue weighted by atomic mass is 10.1. The van der Waals surface area contributed by atoms with Gasteiger partial charge in [-0.2, -0.15) is 0 Å². The van der Waals surface area contributed by atoms with Crippen LogP contribution in [0, 0.1) is 6.92 Å². The Morgan fingerprint density at radius 1 is 0.905 bits per heavy atom. The van der Waals surface area contributed by atoms with E-state index in [1.165, 1.54) is 15.4 Å². The van der Waals surface area contributed by atoms with E-state index in [0.717, 1.165) is 0 Å². The van der Waals surface area contributed by atoms with Crippen LogP contribution in [0.3, 0.4) is 0 Å². The molecule has 0 aliphatic carbocycles. The van der Waals surface area contributed by atoms with Crippen LogP contribution >= 0.6 is 11.8 Å². The summed E-state index contributed by atoms with van der Waals surface area (Å²) in [6.07, 6.45) is 0. The molecule has 0 saturated carbocycles. The van der Waals surface area contributed by atoms with Crippen LogP contribution < -0.4 is 0 Å². The van der Waals surface area contributed by atoms with Gasteiger partial charge >= 0.3 is 0 Å². The largest absolute Gasteiger partial charge is 0.273 e. The Bertz CT molecular complexity index is 676. The van der Waals surface area contributed by atoms with Crippen molar-refractivity contribution in [2.45, 2.75) is 11.8 Å². The van der Waals surface area contributed by atoms with Gasteiger partial charge in [-0.3, -0.25) is 14.5 Å². The molecule has 1 heterocycles. The molecule has 0 atom stereocenters. The number of amides is 2. The van der Waals surface area contributed by atoms with Crippen LogP contribution in [0.2, 0.25) is 0 Å². The van der Waals surface area contributed by atoms with Gasteiger partial charge in [-0.05, 0) is 30.7 Å². The highest BCUT2D eigenvalue weighted by atomic mass is 32.2. The first kappa shape index (κ1) is 13.9. The summed E-state index contributed by atoms with van der Waals surface area (Å²) in [4.78, 5) is 27.0. The van der Waals surface area contributed by atoms with Gasteiger partial charge in [0, 0.05) is 17.2 Å². The van der Waals surface area contributed by atoms with E-state index < -0.39 is 0 Å². The minimum atomic E-state index is -0.180. The molecule has 21 heavy (non-hydrogen) atoms. The molecular formula is C17H15NO2S. The highest BCUT2D eigenvalue weighted by Crippen LogP contribution is 2.25. The van der Waals surface area contributed by atoms with Gasteiger partial charge in [0.2, 0.25) is 0 Å². The minimum Gasteiger partial charge on any atom is -0.273 e. The molecule has 0 aromatic heterocycles. The first-order valence-corrected chi connectivity index (χ1v) is 7.80. The van der Waals surface area contributed by atoms with Crippen LogP contribution in [-0.4, -0.2) is 29.0 Å². The van der Waals surface area contributed by atoms with Crippen molar-refractivity contribution in [3.05, 3.63) is 65.2 Å². The zero-order valence-corrected chi connectivity index (χ0v) is 12.5. The van der Waals surface area contributed by atoms with Crippen molar-refractivity contribution in [3.63, 3.8) is 0 Å². The monoisotopic (exact) mass is 297 g/mol. The molecule has 1 aliphatic heterocycles. The second-order valence-corrected chi connectivity index (χ2v) is 6.06. The number of benzene rings is 2. The number of nitrogens with zero attached hydrogens (tertiary/aromatic N) is 1. The molecule has 0 spiro atoms. The van der Waals surface area contributed by atoms with Crippen molar-refractivity contribution in [2.24, 2.45) is 0 Å². The third-order valence-corrected chi connectivity index (χ3v) is 4.70. The number of carbonyl (C=O) groups is 2. The number of carbonyl (C=O) groups excluding carboxylic acids is 2. The number of aryl methyl sites for hydroxylation is 1. The predicted molar refractivity (Wildman–Crippen MR) is 83.7 cm³/mol. The number of fused-ring (bicyclic) bond motifs is 1. The quantitative estimate of drug-likeness (QED) is 0.641. The van der Waals surface area contributed by atoms with E-state index in [4.69, 9.17) is 0 Å². The van der Waals surface area contributed by atoms with Gasteiger partial charge in [0.15, 0.2) is 0 Å².